The van der Waals surface area contributed by atoms with E-state index in [1.54, 1.807) is 13.2 Å². The maximum absolute atomic E-state index is 12.7. The molecular weight excluding hydrogens is 490 g/mol. The lowest BCUT2D eigenvalue weighted by atomic mass is 10.1. The lowest BCUT2D eigenvalue weighted by molar-refractivity contribution is -0.135. The molecule has 5 rings (SSSR count). The van der Waals surface area contributed by atoms with Crippen molar-refractivity contribution in [3.63, 3.8) is 0 Å². The first-order valence-corrected chi connectivity index (χ1v) is 13.0. The molecule has 0 atom stereocenters. The van der Waals surface area contributed by atoms with E-state index in [9.17, 15) is 9.59 Å². The molecule has 0 radical (unpaired) electrons. The zero-order chi connectivity index (χ0) is 25.9. The van der Waals surface area contributed by atoms with Crippen LogP contribution < -0.4 is 15.0 Å². The molecule has 192 valence electrons. The predicted octanol–water partition coefficient (Wildman–Crippen LogP) is 3.17. The second-order valence-electron chi connectivity index (χ2n) is 9.11. The molecule has 1 aliphatic heterocycles. The van der Waals surface area contributed by atoms with E-state index in [2.05, 4.69) is 10.00 Å². The van der Waals surface area contributed by atoms with E-state index >= 15 is 0 Å². The molecular formula is C27H29N5O4S. The molecule has 0 aliphatic carbocycles. The molecule has 0 unspecified atom stereocenters. The van der Waals surface area contributed by atoms with Crippen LogP contribution in [0, 0.1) is 13.8 Å². The van der Waals surface area contributed by atoms with Gasteiger partial charge in [-0.3, -0.25) is 14.5 Å². The topological polar surface area (TPSA) is 89.3 Å². The zero-order valence-corrected chi connectivity index (χ0v) is 22.0. The highest BCUT2D eigenvalue weighted by Crippen LogP contribution is 2.26. The van der Waals surface area contributed by atoms with Gasteiger partial charge in [-0.1, -0.05) is 17.4 Å². The van der Waals surface area contributed by atoms with E-state index < -0.39 is 0 Å². The fourth-order valence-electron chi connectivity index (χ4n) is 4.21. The average Bonchev–Trinajstić information content (AvgIpc) is 3.34. The second-order valence-corrected chi connectivity index (χ2v) is 10.1. The molecule has 4 aromatic rings. The van der Waals surface area contributed by atoms with Crippen LogP contribution in [0.15, 0.2) is 53.3 Å². The van der Waals surface area contributed by atoms with Crippen molar-refractivity contribution in [3.8, 4) is 22.1 Å². The molecule has 9 nitrogen and oxygen atoms in total. The van der Waals surface area contributed by atoms with E-state index in [0.717, 1.165) is 21.9 Å². The summed E-state index contributed by atoms with van der Waals surface area (Å²) in [5, 5.41) is 5.18. The lowest BCUT2D eigenvalue weighted by Gasteiger charge is -2.34. The fourth-order valence-corrected chi connectivity index (χ4v) is 5.14. The van der Waals surface area contributed by atoms with Crippen LogP contribution in [0.25, 0.3) is 15.5 Å². The van der Waals surface area contributed by atoms with Crippen molar-refractivity contribution in [2.24, 2.45) is 0 Å². The van der Waals surface area contributed by atoms with Crippen molar-refractivity contribution >= 4 is 22.2 Å². The number of fused-ring (bicyclic) bond motifs is 1. The number of hydrogen-bond acceptors (Lipinski definition) is 8. The van der Waals surface area contributed by atoms with Crippen molar-refractivity contribution in [3.05, 3.63) is 75.7 Å². The Kier molecular flexibility index (Phi) is 7.20. The number of nitrogens with zero attached hydrogens (tertiary/aromatic N) is 5. The molecule has 2 aromatic carbocycles. The van der Waals surface area contributed by atoms with Crippen LogP contribution in [0.4, 0.5) is 0 Å². The number of carbonyl (C=O) groups is 1. The van der Waals surface area contributed by atoms with E-state index in [1.165, 1.54) is 21.4 Å². The zero-order valence-electron chi connectivity index (χ0n) is 21.1. The minimum Gasteiger partial charge on any atom is -0.497 e. The standard InChI is InChI=1S/C27H29N5O4S/c1-18-4-7-23(14-19(18)2)36-17-25(34)31-12-10-30(11-13-31)16-21-15-24(33)32-27(28-21)37-26(29-32)20-5-8-22(35-3)9-6-20/h4-9,14-15H,10-13,16-17H2,1-3H3. The first-order chi connectivity index (χ1) is 17.9. The molecule has 1 fully saturated rings. The monoisotopic (exact) mass is 519 g/mol. The number of hydrogen-bond donors (Lipinski definition) is 0. The van der Waals surface area contributed by atoms with Gasteiger partial charge in [0.15, 0.2) is 6.61 Å². The minimum atomic E-state index is -0.201. The molecule has 0 bridgehead atoms. The summed E-state index contributed by atoms with van der Waals surface area (Å²) in [5.74, 6) is 1.45. The summed E-state index contributed by atoms with van der Waals surface area (Å²) >= 11 is 1.38. The van der Waals surface area contributed by atoms with Gasteiger partial charge in [0.2, 0.25) is 4.96 Å². The number of methoxy groups -OCH3 is 1. The molecule has 1 saturated heterocycles. The number of carbonyl (C=O) groups excluding carboxylic acids is 1. The third-order valence-corrected chi connectivity index (χ3v) is 7.54. The van der Waals surface area contributed by atoms with Gasteiger partial charge < -0.3 is 14.4 Å². The maximum Gasteiger partial charge on any atom is 0.275 e. The molecule has 37 heavy (non-hydrogen) atoms. The Morgan fingerprint density at radius 3 is 2.41 bits per heavy atom. The van der Waals surface area contributed by atoms with Crippen LogP contribution in [0.1, 0.15) is 16.8 Å². The van der Waals surface area contributed by atoms with E-state index in [4.69, 9.17) is 14.5 Å². The van der Waals surface area contributed by atoms with Crippen LogP contribution in [0.2, 0.25) is 0 Å². The van der Waals surface area contributed by atoms with Gasteiger partial charge in [-0.25, -0.2) is 4.98 Å². The maximum atomic E-state index is 12.7. The first-order valence-electron chi connectivity index (χ1n) is 12.1. The lowest BCUT2D eigenvalue weighted by Crippen LogP contribution is -2.49. The summed E-state index contributed by atoms with van der Waals surface area (Å²) < 4.78 is 12.3. The normalized spacial score (nSPS) is 14.2. The van der Waals surface area contributed by atoms with Gasteiger partial charge in [-0.05, 0) is 61.4 Å². The molecule has 3 heterocycles. The molecule has 0 saturated carbocycles. The van der Waals surface area contributed by atoms with E-state index in [0.29, 0.717) is 49.1 Å². The van der Waals surface area contributed by atoms with Crippen LogP contribution in [0.3, 0.4) is 0 Å². The third kappa shape index (κ3) is 5.65. The molecule has 0 N–H and O–H groups in total. The van der Waals surface area contributed by atoms with Gasteiger partial charge in [0, 0.05) is 44.4 Å². The van der Waals surface area contributed by atoms with Crippen LogP contribution in [-0.2, 0) is 11.3 Å². The Balaban J connectivity index is 1.18. The molecule has 2 aromatic heterocycles. The van der Waals surface area contributed by atoms with Gasteiger partial charge >= 0.3 is 0 Å². The summed E-state index contributed by atoms with van der Waals surface area (Å²) in [5.41, 5.74) is 3.74. The van der Waals surface area contributed by atoms with E-state index in [1.807, 2.05) is 61.2 Å². The Labute approximate surface area is 218 Å². The molecule has 1 aliphatic rings. The summed E-state index contributed by atoms with van der Waals surface area (Å²) in [4.78, 5) is 34.7. The summed E-state index contributed by atoms with van der Waals surface area (Å²) in [6, 6.07) is 14.9. The van der Waals surface area contributed by atoms with Gasteiger partial charge in [-0.15, -0.1) is 0 Å². The number of aryl methyl sites for hydroxylation is 2. The smallest absolute Gasteiger partial charge is 0.275 e. The molecule has 1 amide bonds. The van der Waals surface area contributed by atoms with Crippen molar-refractivity contribution in [2.75, 3.05) is 39.9 Å². The average molecular weight is 520 g/mol. The quantitative estimate of drug-likeness (QED) is 0.371. The molecule has 0 spiro atoms. The van der Waals surface area contributed by atoms with E-state index in [-0.39, 0.29) is 18.1 Å². The number of benzene rings is 2. The minimum absolute atomic E-state index is 0.0219. The highest BCUT2D eigenvalue weighted by Gasteiger charge is 2.22. The van der Waals surface area contributed by atoms with Crippen molar-refractivity contribution in [2.45, 2.75) is 20.4 Å². The summed E-state index contributed by atoms with van der Waals surface area (Å²) in [6.07, 6.45) is 0. The van der Waals surface area contributed by atoms with Gasteiger partial charge in [0.25, 0.3) is 11.5 Å². The third-order valence-electron chi connectivity index (χ3n) is 6.59. The van der Waals surface area contributed by atoms with Crippen molar-refractivity contribution in [1.29, 1.82) is 0 Å². The van der Waals surface area contributed by atoms with Gasteiger partial charge in [0.05, 0.1) is 12.8 Å². The van der Waals surface area contributed by atoms with Crippen LogP contribution >= 0.6 is 11.3 Å². The first kappa shape index (κ1) is 24.9. The largest absolute Gasteiger partial charge is 0.497 e. The fraction of sp³-hybridized carbons (Fsp3) is 0.333. The Morgan fingerprint density at radius 1 is 0.973 bits per heavy atom. The SMILES string of the molecule is COc1ccc(-c2nn3c(=O)cc(CN4CCN(C(=O)COc5ccc(C)c(C)c5)CC4)nc3s2)cc1. The molecule has 10 heteroatoms. The number of rotatable bonds is 7. The van der Waals surface area contributed by atoms with Crippen molar-refractivity contribution < 1.29 is 14.3 Å². The number of aromatic nitrogens is 3. The number of ether oxygens (including phenoxy) is 2. The number of piperazine rings is 1. The van der Waals surface area contributed by atoms with Crippen LogP contribution in [0.5, 0.6) is 11.5 Å². The van der Waals surface area contributed by atoms with Crippen LogP contribution in [-0.4, -0.2) is 70.2 Å². The Bertz CT molecular complexity index is 1470. The Morgan fingerprint density at radius 2 is 1.70 bits per heavy atom. The van der Waals surface area contributed by atoms with Gasteiger partial charge in [-0.2, -0.15) is 9.61 Å². The summed E-state index contributed by atoms with van der Waals surface area (Å²) in [7, 11) is 1.62. The summed E-state index contributed by atoms with van der Waals surface area (Å²) in [6.45, 7) is 7.27. The number of amides is 1. The van der Waals surface area contributed by atoms with Crippen molar-refractivity contribution in [1.82, 2.24) is 24.4 Å². The van der Waals surface area contributed by atoms with Gasteiger partial charge in [0.1, 0.15) is 16.5 Å². The Hall–Kier alpha value is -3.76. The predicted molar refractivity (Wildman–Crippen MR) is 142 cm³/mol. The highest BCUT2D eigenvalue weighted by molar-refractivity contribution is 7.19. The second kappa shape index (κ2) is 10.7. The highest BCUT2D eigenvalue weighted by atomic mass is 32.1.